The zero-order valence-electron chi connectivity index (χ0n) is 15.0. The van der Waals surface area contributed by atoms with Crippen LogP contribution in [0.4, 0.5) is 0 Å². The Hall–Kier alpha value is -1.69. The van der Waals surface area contributed by atoms with E-state index >= 15 is 0 Å². The van der Waals surface area contributed by atoms with Crippen molar-refractivity contribution in [3.8, 4) is 0 Å². The van der Waals surface area contributed by atoms with Crippen LogP contribution in [-0.2, 0) is 16.1 Å². The molecule has 1 N–H and O–H groups in total. The highest BCUT2D eigenvalue weighted by Gasteiger charge is 2.56. The Labute approximate surface area is 148 Å². The quantitative estimate of drug-likeness (QED) is 0.899. The molecule has 1 amide bonds. The van der Waals surface area contributed by atoms with E-state index in [1.165, 1.54) is 30.3 Å². The number of fused-ring (bicyclic) bond motifs is 1. The molecule has 2 heterocycles. The summed E-state index contributed by atoms with van der Waals surface area (Å²) in [5.41, 5.74) is 1.11. The van der Waals surface area contributed by atoms with E-state index in [2.05, 4.69) is 10.3 Å². The highest BCUT2D eigenvalue weighted by atomic mass is 16.5. The zero-order chi connectivity index (χ0) is 17.6. The van der Waals surface area contributed by atoms with Gasteiger partial charge in [-0.1, -0.05) is 25.7 Å². The van der Waals surface area contributed by atoms with Crippen molar-refractivity contribution < 1.29 is 9.53 Å². The van der Waals surface area contributed by atoms with Crippen LogP contribution in [0, 0.1) is 31.6 Å². The average Bonchev–Trinajstić information content (AvgIpc) is 3.19. The van der Waals surface area contributed by atoms with Gasteiger partial charge in [0.1, 0.15) is 6.54 Å². The highest BCUT2D eigenvalue weighted by Crippen LogP contribution is 2.51. The molecule has 1 saturated heterocycles. The molecule has 2 aliphatic carbocycles. The van der Waals surface area contributed by atoms with Gasteiger partial charge in [-0.05, 0) is 32.3 Å². The number of nitrogens with one attached hydrogen (secondary N) is 1. The van der Waals surface area contributed by atoms with Gasteiger partial charge in [-0.15, -0.1) is 0 Å². The van der Waals surface area contributed by atoms with Gasteiger partial charge in [0.2, 0.25) is 5.91 Å². The maximum atomic E-state index is 12.6. The Balaban J connectivity index is 1.45. The molecular weight excluding hydrogens is 318 g/mol. The number of nitrogens with zero attached hydrogens (tertiary/aromatic N) is 2. The van der Waals surface area contributed by atoms with Crippen LogP contribution in [0.3, 0.4) is 0 Å². The van der Waals surface area contributed by atoms with Crippen molar-refractivity contribution in [2.45, 2.75) is 64.6 Å². The highest BCUT2D eigenvalue weighted by molar-refractivity contribution is 5.76. The van der Waals surface area contributed by atoms with E-state index in [1.54, 1.807) is 6.92 Å². The van der Waals surface area contributed by atoms with Gasteiger partial charge in [0, 0.05) is 35.9 Å². The lowest BCUT2D eigenvalue weighted by Crippen LogP contribution is -2.63. The summed E-state index contributed by atoms with van der Waals surface area (Å²) >= 11 is 0. The first-order chi connectivity index (χ1) is 12.0. The van der Waals surface area contributed by atoms with Crippen LogP contribution in [0.1, 0.15) is 43.5 Å². The molecule has 1 aromatic heterocycles. The van der Waals surface area contributed by atoms with Gasteiger partial charge < -0.3 is 10.1 Å². The van der Waals surface area contributed by atoms with Crippen LogP contribution < -0.4 is 11.0 Å². The second-order valence-electron chi connectivity index (χ2n) is 7.91. The molecule has 25 heavy (non-hydrogen) atoms. The third-order valence-corrected chi connectivity index (χ3v) is 6.36. The zero-order valence-corrected chi connectivity index (χ0v) is 15.0. The van der Waals surface area contributed by atoms with Crippen LogP contribution in [0.25, 0.3) is 0 Å². The fourth-order valence-electron chi connectivity index (χ4n) is 5.20. The molecule has 3 aliphatic rings. The predicted molar refractivity (Wildman–Crippen MR) is 93.2 cm³/mol. The first-order valence-electron chi connectivity index (χ1n) is 9.50. The molecule has 3 fully saturated rings. The SMILES string of the molecule is Cc1cc(C)n(CC(=O)N[C@H]2[C@@H]3CCO[C@@H]3[C@@H]2C2CCCC2)c(=O)n1. The standard InChI is InChI=1S/C19H27N3O3/c1-11-9-12(2)22(19(24)20-11)10-15(23)21-17-14-7-8-25-18(14)16(17)13-5-3-4-6-13/h9,13-14,16-18H,3-8,10H2,1-2H3,(H,21,23)/t14-,16+,17-,18-/m0/s1. The maximum absolute atomic E-state index is 12.6. The molecule has 0 bridgehead atoms. The Kier molecular flexibility index (Phi) is 4.40. The normalized spacial score (nSPS) is 31.6. The monoisotopic (exact) mass is 345 g/mol. The Bertz CT molecular complexity index is 718. The average molecular weight is 345 g/mol. The van der Waals surface area contributed by atoms with Crippen molar-refractivity contribution in [2.75, 3.05) is 6.61 Å². The van der Waals surface area contributed by atoms with Crippen LogP contribution in [0.15, 0.2) is 10.9 Å². The summed E-state index contributed by atoms with van der Waals surface area (Å²) in [6.45, 7) is 4.49. The molecule has 2 saturated carbocycles. The summed E-state index contributed by atoms with van der Waals surface area (Å²) in [5.74, 6) is 1.49. The molecule has 0 radical (unpaired) electrons. The van der Waals surface area contributed by atoms with Gasteiger partial charge >= 0.3 is 5.69 Å². The molecule has 0 spiro atoms. The molecule has 1 aliphatic heterocycles. The maximum Gasteiger partial charge on any atom is 0.348 e. The smallest absolute Gasteiger partial charge is 0.348 e. The van der Waals surface area contributed by atoms with E-state index in [0.717, 1.165) is 18.7 Å². The van der Waals surface area contributed by atoms with E-state index in [9.17, 15) is 9.59 Å². The van der Waals surface area contributed by atoms with E-state index in [-0.39, 0.29) is 24.2 Å². The molecule has 6 heteroatoms. The summed E-state index contributed by atoms with van der Waals surface area (Å²) < 4.78 is 7.39. The summed E-state index contributed by atoms with van der Waals surface area (Å²) in [4.78, 5) is 28.6. The number of hydrogen-bond donors (Lipinski definition) is 1. The number of hydrogen-bond acceptors (Lipinski definition) is 4. The number of carbonyl (C=O) groups excluding carboxylic acids is 1. The first kappa shape index (κ1) is 16.8. The third-order valence-electron chi connectivity index (χ3n) is 6.36. The Morgan fingerprint density at radius 2 is 2.08 bits per heavy atom. The van der Waals surface area contributed by atoms with Gasteiger partial charge in [-0.2, -0.15) is 4.98 Å². The lowest BCUT2D eigenvalue weighted by molar-refractivity contribution is -0.130. The largest absolute Gasteiger partial charge is 0.377 e. The Morgan fingerprint density at radius 1 is 1.32 bits per heavy atom. The van der Waals surface area contributed by atoms with E-state index in [0.29, 0.717) is 29.6 Å². The van der Waals surface area contributed by atoms with Crippen LogP contribution in [-0.4, -0.2) is 34.2 Å². The van der Waals surface area contributed by atoms with Crippen LogP contribution in [0.5, 0.6) is 0 Å². The molecule has 4 rings (SSSR count). The van der Waals surface area contributed by atoms with E-state index < -0.39 is 0 Å². The summed E-state index contributed by atoms with van der Waals surface area (Å²) in [7, 11) is 0. The van der Waals surface area contributed by atoms with Gasteiger partial charge in [0.05, 0.1) is 6.10 Å². The second-order valence-corrected chi connectivity index (χ2v) is 7.91. The molecular formula is C19H27N3O3. The van der Waals surface area contributed by atoms with Gasteiger partial charge in [-0.25, -0.2) is 4.79 Å². The van der Waals surface area contributed by atoms with Crippen molar-refractivity contribution in [2.24, 2.45) is 17.8 Å². The van der Waals surface area contributed by atoms with Crippen molar-refractivity contribution >= 4 is 5.91 Å². The number of ether oxygens (including phenoxy) is 1. The number of aromatic nitrogens is 2. The fourth-order valence-corrected chi connectivity index (χ4v) is 5.20. The summed E-state index contributed by atoms with van der Waals surface area (Å²) in [6.07, 6.45) is 6.46. The minimum atomic E-state index is -0.351. The number of aryl methyl sites for hydroxylation is 2. The topological polar surface area (TPSA) is 73.2 Å². The third kappa shape index (κ3) is 3.01. The van der Waals surface area contributed by atoms with Gasteiger partial charge in [-0.3, -0.25) is 9.36 Å². The molecule has 1 aromatic rings. The van der Waals surface area contributed by atoms with E-state index in [4.69, 9.17) is 4.74 Å². The molecule has 4 atom stereocenters. The van der Waals surface area contributed by atoms with Crippen molar-refractivity contribution in [3.63, 3.8) is 0 Å². The number of amides is 1. The van der Waals surface area contributed by atoms with E-state index in [1.807, 2.05) is 13.0 Å². The molecule has 0 aromatic carbocycles. The minimum absolute atomic E-state index is 0.0457. The predicted octanol–water partition coefficient (Wildman–Crippen LogP) is 1.57. The minimum Gasteiger partial charge on any atom is -0.377 e. The lowest BCUT2D eigenvalue weighted by Gasteiger charge is -2.50. The van der Waals surface area contributed by atoms with Crippen molar-refractivity contribution in [1.29, 1.82) is 0 Å². The second kappa shape index (κ2) is 6.56. The van der Waals surface area contributed by atoms with Gasteiger partial charge in [0.15, 0.2) is 0 Å². The summed E-state index contributed by atoms with van der Waals surface area (Å²) in [5, 5.41) is 3.23. The van der Waals surface area contributed by atoms with Crippen LogP contribution in [0.2, 0.25) is 0 Å². The lowest BCUT2D eigenvalue weighted by atomic mass is 9.61. The van der Waals surface area contributed by atoms with Crippen molar-refractivity contribution in [1.82, 2.24) is 14.9 Å². The van der Waals surface area contributed by atoms with Gasteiger partial charge in [0.25, 0.3) is 0 Å². The molecule has 0 unspecified atom stereocenters. The fraction of sp³-hybridized carbons (Fsp3) is 0.737. The van der Waals surface area contributed by atoms with Crippen molar-refractivity contribution in [3.05, 3.63) is 27.9 Å². The molecule has 6 nitrogen and oxygen atoms in total. The first-order valence-corrected chi connectivity index (χ1v) is 9.50. The molecule has 136 valence electrons. The number of carbonyl (C=O) groups is 1. The number of rotatable bonds is 4. The Morgan fingerprint density at radius 3 is 2.80 bits per heavy atom. The van der Waals surface area contributed by atoms with Crippen LogP contribution >= 0.6 is 0 Å². The summed E-state index contributed by atoms with van der Waals surface area (Å²) in [6, 6.07) is 2.04.